The van der Waals surface area contributed by atoms with Crippen LogP contribution in [0.2, 0.25) is 0 Å². The van der Waals surface area contributed by atoms with Crippen molar-refractivity contribution in [1.82, 2.24) is 9.97 Å². The molecule has 0 saturated carbocycles. The lowest BCUT2D eigenvalue weighted by Crippen LogP contribution is -2.04. The predicted molar refractivity (Wildman–Crippen MR) is 77.3 cm³/mol. The Bertz CT molecular complexity index is 818. The topological polar surface area (TPSA) is 45.8 Å². The molecule has 0 aliphatic carbocycles. The van der Waals surface area contributed by atoms with Gasteiger partial charge in [-0.25, -0.2) is 4.98 Å². The number of aromatic amines is 1. The summed E-state index contributed by atoms with van der Waals surface area (Å²) in [7, 11) is 0. The van der Waals surface area contributed by atoms with Crippen LogP contribution in [0.1, 0.15) is 11.1 Å². The van der Waals surface area contributed by atoms with Crippen molar-refractivity contribution in [1.29, 1.82) is 0 Å². The molecule has 94 valence electrons. The van der Waals surface area contributed by atoms with Crippen molar-refractivity contribution in [3.8, 4) is 11.3 Å². The van der Waals surface area contributed by atoms with Crippen molar-refractivity contribution >= 4 is 11.0 Å². The van der Waals surface area contributed by atoms with E-state index in [0.29, 0.717) is 11.0 Å². The molecule has 0 amide bonds. The number of H-pyrrole nitrogens is 1. The summed E-state index contributed by atoms with van der Waals surface area (Å²) < 4.78 is 0. The van der Waals surface area contributed by atoms with Gasteiger partial charge in [0.05, 0.1) is 11.1 Å². The molecule has 1 N–H and O–H groups in total. The zero-order valence-electron chi connectivity index (χ0n) is 10.9. The van der Waals surface area contributed by atoms with Crippen LogP contribution in [0.25, 0.3) is 22.3 Å². The molecule has 0 fully saturated rings. The summed E-state index contributed by atoms with van der Waals surface area (Å²) in [6.45, 7) is 3.96. The Kier molecular flexibility index (Phi) is 2.67. The van der Waals surface area contributed by atoms with Crippen LogP contribution in [-0.2, 0) is 0 Å². The zero-order valence-corrected chi connectivity index (χ0v) is 10.9. The third-order valence-corrected chi connectivity index (χ3v) is 3.15. The molecular formula is C16H14N2O. The first kappa shape index (κ1) is 11.7. The van der Waals surface area contributed by atoms with Crippen LogP contribution in [0.5, 0.6) is 0 Å². The van der Waals surface area contributed by atoms with Gasteiger partial charge in [0.15, 0.2) is 5.43 Å². The van der Waals surface area contributed by atoms with Crippen molar-refractivity contribution in [3.63, 3.8) is 0 Å². The maximum absolute atomic E-state index is 12.2. The number of fused-ring (bicyclic) bond motifs is 1. The highest BCUT2D eigenvalue weighted by molar-refractivity contribution is 5.78. The van der Waals surface area contributed by atoms with Crippen molar-refractivity contribution < 1.29 is 0 Å². The minimum absolute atomic E-state index is 0.00135. The number of pyridine rings is 2. The van der Waals surface area contributed by atoms with Gasteiger partial charge in [0.2, 0.25) is 0 Å². The van der Waals surface area contributed by atoms with Gasteiger partial charge < -0.3 is 4.98 Å². The zero-order chi connectivity index (χ0) is 13.4. The normalized spacial score (nSPS) is 10.8. The Hall–Kier alpha value is -2.42. The second-order valence-electron chi connectivity index (χ2n) is 4.83. The van der Waals surface area contributed by atoms with E-state index in [4.69, 9.17) is 0 Å². The molecule has 0 aliphatic heterocycles. The van der Waals surface area contributed by atoms with Crippen LogP contribution in [0, 0.1) is 13.8 Å². The van der Waals surface area contributed by atoms with Crippen LogP contribution in [-0.4, -0.2) is 9.97 Å². The van der Waals surface area contributed by atoms with E-state index in [-0.39, 0.29) is 5.43 Å². The molecule has 3 rings (SSSR count). The van der Waals surface area contributed by atoms with Gasteiger partial charge >= 0.3 is 0 Å². The molecule has 3 heteroatoms. The number of hydrogen-bond acceptors (Lipinski definition) is 2. The van der Waals surface area contributed by atoms with Gasteiger partial charge in [-0.15, -0.1) is 0 Å². The fraction of sp³-hybridized carbons (Fsp3) is 0.125. The predicted octanol–water partition coefficient (Wildman–Crippen LogP) is 3.21. The number of benzene rings is 1. The van der Waals surface area contributed by atoms with Crippen molar-refractivity contribution in [3.05, 3.63) is 63.9 Å². The van der Waals surface area contributed by atoms with Crippen LogP contribution in [0.4, 0.5) is 0 Å². The lowest BCUT2D eigenvalue weighted by Gasteiger charge is -2.05. The second-order valence-corrected chi connectivity index (χ2v) is 4.83. The minimum atomic E-state index is 0.00135. The summed E-state index contributed by atoms with van der Waals surface area (Å²) in [4.78, 5) is 19.7. The second kappa shape index (κ2) is 4.35. The maximum Gasteiger partial charge on any atom is 0.191 e. The van der Waals surface area contributed by atoms with Crippen LogP contribution < -0.4 is 5.43 Å². The standard InChI is InChI=1S/C16H14N2O/c1-10-4-3-5-12(6-10)14-8-15(19)13-7-11(2)9-17-16(13)18-14/h3-9H,1-2H3,(H,17,18,19). The van der Waals surface area contributed by atoms with Gasteiger partial charge in [0, 0.05) is 12.3 Å². The summed E-state index contributed by atoms with van der Waals surface area (Å²) in [5.41, 5.74) is 4.59. The Morgan fingerprint density at radius 3 is 2.68 bits per heavy atom. The molecule has 0 spiro atoms. The van der Waals surface area contributed by atoms with Crippen molar-refractivity contribution in [2.24, 2.45) is 0 Å². The molecule has 2 heterocycles. The van der Waals surface area contributed by atoms with Gasteiger partial charge in [-0.05, 0) is 37.1 Å². The summed E-state index contributed by atoms with van der Waals surface area (Å²) in [5, 5.41) is 0.636. The van der Waals surface area contributed by atoms with E-state index < -0.39 is 0 Å². The molecule has 0 unspecified atom stereocenters. The molecule has 19 heavy (non-hydrogen) atoms. The molecule has 1 aromatic carbocycles. The minimum Gasteiger partial charge on any atom is -0.339 e. The third kappa shape index (κ3) is 2.15. The first-order chi connectivity index (χ1) is 9.13. The lowest BCUT2D eigenvalue weighted by molar-refractivity contribution is 1.25. The number of aryl methyl sites for hydroxylation is 2. The molecule has 0 saturated heterocycles. The van der Waals surface area contributed by atoms with Crippen molar-refractivity contribution in [2.75, 3.05) is 0 Å². The van der Waals surface area contributed by atoms with E-state index in [2.05, 4.69) is 9.97 Å². The van der Waals surface area contributed by atoms with E-state index in [1.807, 2.05) is 44.2 Å². The maximum atomic E-state index is 12.2. The first-order valence-corrected chi connectivity index (χ1v) is 6.20. The Morgan fingerprint density at radius 1 is 1.05 bits per heavy atom. The van der Waals surface area contributed by atoms with Crippen LogP contribution in [0.15, 0.2) is 47.4 Å². The van der Waals surface area contributed by atoms with Gasteiger partial charge in [-0.2, -0.15) is 0 Å². The summed E-state index contributed by atoms with van der Waals surface area (Å²) in [6, 6.07) is 11.5. The molecule has 3 nitrogen and oxygen atoms in total. The lowest BCUT2D eigenvalue weighted by atomic mass is 10.1. The van der Waals surface area contributed by atoms with E-state index in [0.717, 1.165) is 22.4 Å². The summed E-state index contributed by atoms with van der Waals surface area (Å²) in [6.07, 6.45) is 1.76. The van der Waals surface area contributed by atoms with Crippen molar-refractivity contribution in [2.45, 2.75) is 13.8 Å². The van der Waals surface area contributed by atoms with Gasteiger partial charge in [-0.3, -0.25) is 4.79 Å². The monoisotopic (exact) mass is 250 g/mol. The molecule has 0 radical (unpaired) electrons. The third-order valence-electron chi connectivity index (χ3n) is 3.15. The number of rotatable bonds is 1. The van der Waals surface area contributed by atoms with E-state index >= 15 is 0 Å². The molecule has 2 aromatic heterocycles. The highest BCUT2D eigenvalue weighted by Gasteiger charge is 2.05. The van der Waals surface area contributed by atoms with E-state index in [9.17, 15) is 4.79 Å². The number of nitrogens with zero attached hydrogens (tertiary/aromatic N) is 1. The molecule has 0 aliphatic rings. The van der Waals surface area contributed by atoms with Crippen LogP contribution >= 0.6 is 0 Å². The first-order valence-electron chi connectivity index (χ1n) is 6.20. The molecule has 0 bridgehead atoms. The Labute approximate surface area is 111 Å². The SMILES string of the molecule is Cc1cccc(-c2cc(=O)c3cc(C)cnc3[nH]2)c1. The molecule has 0 atom stereocenters. The fourth-order valence-electron chi connectivity index (χ4n) is 2.20. The molecule has 3 aromatic rings. The smallest absolute Gasteiger partial charge is 0.191 e. The summed E-state index contributed by atoms with van der Waals surface area (Å²) in [5.74, 6) is 0. The number of hydrogen-bond donors (Lipinski definition) is 1. The van der Waals surface area contributed by atoms with E-state index in [1.165, 1.54) is 0 Å². The largest absolute Gasteiger partial charge is 0.339 e. The molecular weight excluding hydrogens is 236 g/mol. The Morgan fingerprint density at radius 2 is 1.89 bits per heavy atom. The van der Waals surface area contributed by atoms with Crippen LogP contribution in [0.3, 0.4) is 0 Å². The van der Waals surface area contributed by atoms with Gasteiger partial charge in [0.1, 0.15) is 5.65 Å². The van der Waals surface area contributed by atoms with Gasteiger partial charge in [0.25, 0.3) is 0 Å². The van der Waals surface area contributed by atoms with Gasteiger partial charge in [-0.1, -0.05) is 23.8 Å². The number of aromatic nitrogens is 2. The quantitative estimate of drug-likeness (QED) is 0.720. The highest BCUT2D eigenvalue weighted by Crippen LogP contribution is 2.18. The summed E-state index contributed by atoms with van der Waals surface area (Å²) >= 11 is 0. The Balaban J connectivity index is 2.27. The van der Waals surface area contributed by atoms with E-state index in [1.54, 1.807) is 12.3 Å². The average molecular weight is 250 g/mol. The fourth-order valence-corrected chi connectivity index (χ4v) is 2.20. The number of nitrogens with one attached hydrogen (secondary N) is 1. The average Bonchev–Trinajstić information content (AvgIpc) is 2.39. The highest BCUT2D eigenvalue weighted by atomic mass is 16.1.